The van der Waals surface area contributed by atoms with Crippen LogP contribution in [0.25, 0.3) is 5.82 Å². The number of aromatic nitrogens is 3. The molecule has 1 N–H and O–H groups in total. The van der Waals surface area contributed by atoms with E-state index in [4.69, 9.17) is 4.74 Å². The molecule has 6 nitrogen and oxygen atoms in total. The number of anilines is 1. The Balaban J connectivity index is 1.69. The van der Waals surface area contributed by atoms with E-state index < -0.39 is 6.10 Å². The molecule has 0 aliphatic heterocycles. The van der Waals surface area contributed by atoms with Crippen LogP contribution in [0.4, 0.5) is 5.69 Å². The molecule has 0 fully saturated rings. The first kappa shape index (κ1) is 18.6. The van der Waals surface area contributed by atoms with Crippen LogP contribution >= 0.6 is 0 Å². The van der Waals surface area contributed by atoms with Crippen LogP contribution in [0.1, 0.15) is 38.7 Å². The average Bonchev–Trinajstić information content (AvgIpc) is 3.21. The number of rotatable bonds is 7. The Morgan fingerprint density at radius 2 is 2.04 bits per heavy atom. The van der Waals surface area contributed by atoms with Gasteiger partial charge in [0.15, 0.2) is 6.10 Å². The molecule has 0 spiro atoms. The lowest BCUT2D eigenvalue weighted by molar-refractivity contribution is -0.122. The summed E-state index contributed by atoms with van der Waals surface area (Å²) in [6, 6.07) is 11.5. The van der Waals surface area contributed by atoms with Crippen molar-refractivity contribution in [3.63, 3.8) is 0 Å². The van der Waals surface area contributed by atoms with E-state index in [1.165, 1.54) is 0 Å². The van der Waals surface area contributed by atoms with Crippen molar-refractivity contribution in [2.75, 3.05) is 5.32 Å². The van der Waals surface area contributed by atoms with E-state index in [1.807, 2.05) is 49.5 Å². The van der Waals surface area contributed by atoms with Crippen LogP contribution in [-0.4, -0.2) is 26.5 Å². The van der Waals surface area contributed by atoms with Gasteiger partial charge in [0.05, 0.1) is 11.9 Å². The average molecular weight is 364 g/mol. The zero-order valence-electron chi connectivity index (χ0n) is 15.8. The molecule has 2 aromatic heterocycles. The standard InChI is InChI=1S/C21H24N4O2/c1-4-18(27-19-8-6-5-7-17(19)15(2)3)21(26)24-16-9-10-20(23-13-16)25-12-11-22-14-25/h5-15,18H,4H2,1-3H3,(H,24,26)/t18-/m0/s1. The molecule has 2 heterocycles. The Labute approximate surface area is 159 Å². The van der Waals surface area contributed by atoms with Gasteiger partial charge in [-0.3, -0.25) is 9.36 Å². The number of carbonyl (C=O) groups is 1. The Kier molecular flexibility index (Phi) is 5.86. The molecule has 3 rings (SSSR count). The molecule has 1 atom stereocenters. The van der Waals surface area contributed by atoms with Gasteiger partial charge in [0.1, 0.15) is 17.9 Å². The second-order valence-corrected chi connectivity index (χ2v) is 6.57. The number of nitrogens with zero attached hydrogens (tertiary/aromatic N) is 3. The summed E-state index contributed by atoms with van der Waals surface area (Å²) in [5.74, 6) is 1.62. The van der Waals surface area contributed by atoms with E-state index >= 15 is 0 Å². The highest BCUT2D eigenvalue weighted by atomic mass is 16.5. The zero-order valence-corrected chi connectivity index (χ0v) is 15.8. The first-order chi connectivity index (χ1) is 13.1. The molecule has 0 bridgehead atoms. The van der Waals surface area contributed by atoms with Crippen molar-refractivity contribution in [3.05, 3.63) is 66.9 Å². The van der Waals surface area contributed by atoms with Gasteiger partial charge in [-0.25, -0.2) is 9.97 Å². The maximum Gasteiger partial charge on any atom is 0.265 e. The molecule has 3 aromatic rings. The Morgan fingerprint density at radius 3 is 2.67 bits per heavy atom. The van der Waals surface area contributed by atoms with Crippen molar-refractivity contribution in [2.45, 2.75) is 39.2 Å². The highest BCUT2D eigenvalue weighted by Crippen LogP contribution is 2.27. The van der Waals surface area contributed by atoms with Gasteiger partial charge >= 0.3 is 0 Å². The maximum atomic E-state index is 12.7. The SMILES string of the molecule is CC[C@H](Oc1ccccc1C(C)C)C(=O)Nc1ccc(-n2ccnc2)nc1. The number of pyridine rings is 1. The van der Waals surface area contributed by atoms with E-state index in [9.17, 15) is 4.79 Å². The molecule has 0 aliphatic carbocycles. The van der Waals surface area contributed by atoms with Gasteiger partial charge in [-0.2, -0.15) is 0 Å². The van der Waals surface area contributed by atoms with Gasteiger partial charge in [-0.05, 0) is 36.1 Å². The number of hydrogen-bond acceptors (Lipinski definition) is 4. The minimum atomic E-state index is -0.571. The van der Waals surface area contributed by atoms with Gasteiger partial charge in [-0.15, -0.1) is 0 Å². The lowest BCUT2D eigenvalue weighted by Crippen LogP contribution is -2.32. The van der Waals surface area contributed by atoms with E-state index in [0.29, 0.717) is 18.0 Å². The molecule has 0 aliphatic rings. The molecule has 0 saturated carbocycles. The Morgan fingerprint density at radius 1 is 1.22 bits per heavy atom. The van der Waals surface area contributed by atoms with Crippen LogP contribution < -0.4 is 10.1 Å². The van der Waals surface area contributed by atoms with E-state index in [1.54, 1.807) is 23.3 Å². The van der Waals surface area contributed by atoms with Crippen LogP contribution in [0.5, 0.6) is 5.75 Å². The third-order valence-corrected chi connectivity index (χ3v) is 4.26. The molecule has 0 saturated heterocycles. The van der Waals surface area contributed by atoms with Crippen molar-refractivity contribution in [1.82, 2.24) is 14.5 Å². The van der Waals surface area contributed by atoms with Crippen molar-refractivity contribution < 1.29 is 9.53 Å². The number of benzene rings is 1. The first-order valence-electron chi connectivity index (χ1n) is 9.09. The summed E-state index contributed by atoms with van der Waals surface area (Å²) in [6.07, 6.45) is 6.80. The predicted octanol–water partition coefficient (Wildman–Crippen LogP) is 4.19. The van der Waals surface area contributed by atoms with Crippen molar-refractivity contribution in [1.29, 1.82) is 0 Å². The van der Waals surface area contributed by atoms with Crippen LogP contribution in [0.2, 0.25) is 0 Å². The number of hydrogen-bond donors (Lipinski definition) is 1. The normalized spacial score (nSPS) is 12.0. The Bertz CT molecular complexity index is 873. The van der Waals surface area contributed by atoms with Gasteiger partial charge < -0.3 is 10.1 Å². The fourth-order valence-electron chi connectivity index (χ4n) is 2.77. The zero-order chi connectivity index (χ0) is 19.2. The molecule has 6 heteroatoms. The summed E-state index contributed by atoms with van der Waals surface area (Å²) >= 11 is 0. The minimum absolute atomic E-state index is 0.187. The molecule has 140 valence electrons. The van der Waals surface area contributed by atoms with E-state index in [0.717, 1.165) is 17.1 Å². The highest BCUT2D eigenvalue weighted by molar-refractivity contribution is 5.94. The fraction of sp³-hybridized carbons (Fsp3) is 0.286. The predicted molar refractivity (Wildman–Crippen MR) is 105 cm³/mol. The quantitative estimate of drug-likeness (QED) is 0.683. The molecule has 27 heavy (non-hydrogen) atoms. The summed E-state index contributed by atoms with van der Waals surface area (Å²) in [4.78, 5) is 21.0. The summed E-state index contributed by atoms with van der Waals surface area (Å²) < 4.78 is 7.83. The maximum absolute atomic E-state index is 12.7. The largest absolute Gasteiger partial charge is 0.480 e. The first-order valence-corrected chi connectivity index (χ1v) is 9.09. The lowest BCUT2D eigenvalue weighted by atomic mass is 10.0. The van der Waals surface area contributed by atoms with E-state index in [-0.39, 0.29) is 5.91 Å². The number of carbonyl (C=O) groups excluding carboxylic acids is 1. The van der Waals surface area contributed by atoms with Crippen LogP contribution in [0.3, 0.4) is 0 Å². The fourth-order valence-corrected chi connectivity index (χ4v) is 2.77. The molecule has 0 radical (unpaired) electrons. The van der Waals surface area contributed by atoms with Crippen LogP contribution in [0, 0.1) is 0 Å². The molecular formula is C21H24N4O2. The third-order valence-electron chi connectivity index (χ3n) is 4.26. The summed E-state index contributed by atoms with van der Waals surface area (Å²) in [6.45, 7) is 6.15. The third kappa shape index (κ3) is 4.53. The topological polar surface area (TPSA) is 69.0 Å². The number of ether oxygens (including phenoxy) is 1. The van der Waals surface area contributed by atoms with Crippen LogP contribution in [0.15, 0.2) is 61.3 Å². The van der Waals surface area contributed by atoms with Crippen LogP contribution in [-0.2, 0) is 4.79 Å². The molecule has 0 unspecified atom stereocenters. The minimum Gasteiger partial charge on any atom is -0.480 e. The molecular weight excluding hydrogens is 340 g/mol. The smallest absolute Gasteiger partial charge is 0.265 e. The number of imidazole rings is 1. The summed E-state index contributed by atoms with van der Waals surface area (Å²) in [7, 11) is 0. The van der Waals surface area contributed by atoms with Gasteiger partial charge in [0.2, 0.25) is 0 Å². The molecule has 1 amide bonds. The monoisotopic (exact) mass is 364 g/mol. The number of nitrogens with one attached hydrogen (secondary N) is 1. The lowest BCUT2D eigenvalue weighted by Gasteiger charge is -2.20. The number of para-hydroxylation sites is 1. The van der Waals surface area contributed by atoms with E-state index in [2.05, 4.69) is 29.1 Å². The highest BCUT2D eigenvalue weighted by Gasteiger charge is 2.20. The second kappa shape index (κ2) is 8.49. The van der Waals surface area contributed by atoms with Gasteiger partial charge in [0, 0.05) is 12.4 Å². The van der Waals surface area contributed by atoms with Crippen molar-refractivity contribution >= 4 is 11.6 Å². The number of amides is 1. The molecule has 1 aromatic carbocycles. The summed E-state index contributed by atoms with van der Waals surface area (Å²) in [5, 5.41) is 2.88. The summed E-state index contributed by atoms with van der Waals surface area (Å²) in [5.41, 5.74) is 1.72. The van der Waals surface area contributed by atoms with Crippen molar-refractivity contribution in [2.24, 2.45) is 0 Å². The van der Waals surface area contributed by atoms with Gasteiger partial charge in [0.25, 0.3) is 5.91 Å². The van der Waals surface area contributed by atoms with Crippen molar-refractivity contribution in [3.8, 4) is 11.6 Å². The Hall–Kier alpha value is -3.15. The van der Waals surface area contributed by atoms with Gasteiger partial charge in [-0.1, -0.05) is 39.0 Å². The second-order valence-electron chi connectivity index (χ2n) is 6.57.